The lowest BCUT2D eigenvalue weighted by atomic mass is 10.3. The minimum atomic E-state index is 0.381. The van der Waals surface area contributed by atoms with Crippen molar-refractivity contribution in [3.05, 3.63) is 16.3 Å². The van der Waals surface area contributed by atoms with Gasteiger partial charge in [0.05, 0.1) is 6.61 Å². The van der Waals surface area contributed by atoms with Crippen LogP contribution in [-0.4, -0.2) is 28.1 Å². The average Bonchev–Trinajstić information content (AvgIpc) is 2.83. The van der Waals surface area contributed by atoms with Crippen LogP contribution in [0.5, 0.6) is 6.01 Å². The number of hydrogen-bond donors (Lipinski definition) is 1. The highest BCUT2D eigenvalue weighted by Crippen LogP contribution is 2.24. The first-order chi connectivity index (χ1) is 9.22. The summed E-state index contributed by atoms with van der Waals surface area (Å²) in [6.07, 6.45) is 0.926. The van der Waals surface area contributed by atoms with E-state index in [9.17, 15) is 0 Å². The zero-order valence-corrected chi connectivity index (χ0v) is 12.3. The Morgan fingerprint density at radius 2 is 2.11 bits per heavy atom. The molecule has 0 spiro atoms. The number of aryl methyl sites for hydroxylation is 1. The topological polar surface area (TPSA) is 59.9 Å². The van der Waals surface area contributed by atoms with Gasteiger partial charge in [-0.3, -0.25) is 0 Å². The molecule has 6 heteroatoms. The van der Waals surface area contributed by atoms with Crippen LogP contribution in [0.1, 0.15) is 25.1 Å². The first-order valence-corrected chi connectivity index (χ1v) is 7.29. The molecule has 2 aromatic heterocycles. The molecule has 102 valence electrons. The number of aromatic nitrogens is 3. The van der Waals surface area contributed by atoms with Crippen molar-refractivity contribution in [2.24, 2.45) is 0 Å². The lowest BCUT2D eigenvalue weighted by Gasteiger charge is -2.07. The molecule has 2 heterocycles. The standard InChI is InChI=1S/C13H18N4OS/c1-4-6-18-13-16-11(10-7-9(3)19-8-10)15-12(17-13)14-5-2/h7-8H,4-6H2,1-3H3,(H,14,15,16,17). The lowest BCUT2D eigenvalue weighted by Crippen LogP contribution is -2.08. The third kappa shape index (κ3) is 3.64. The molecule has 0 saturated heterocycles. The molecule has 0 radical (unpaired) electrons. The maximum Gasteiger partial charge on any atom is 0.321 e. The number of nitrogens with zero attached hydrogens (tertiary/aromatic N) is 3. The van der Waals surface area contributed by atoms with Gasteiger partial charge in [0.1, 0.15) is 0 Å². The molecule has 1 N–H and O–H groups in total. The Morgan fingerprint density at radius 3 is 2.74 bits per heavy atom. The van der Waals surface area contributed by atoms with Gasteiger partial charge in [-0.25, -0.2) is 0 Å². The van der Waals surface area contributed by atoms with Crippen LogP contribution in [0.15, 0.2) is 11.4 Å². The first-order valence-electron chi connectivity index (χ1n) is 6.41. The fourth-order valence-corrected chi connectivity index (χ4v) is 2.22. The van der Waals surface area contributed by atoms with Crippen molar-refractivity contribution < 1.29 is 4.74 Å². The minimum absolute atomic E-state index is 0.381. The molecule has 0 atom stereocenters. The highest BCUT2D eigenvalue weighted by molar-refractivity contribution is 7.10. The first kappa shape index (κ1) is 13.7. The summed E-state index contributed by atoms with van der Waals surface area (Å²) >= 11 is 1.68. The normalized spacial score (nSPS) is 10.5. The monoisotopic (exact) mass is 278 g/mol. The van der Waals surface area contributed by atoms with Crippen LogP contribution in [0.3, 0.4) is 0 Å². The van der Waals surface area contributed by atoms with E-state index in [1.165, 1.54) is 4.88 Å². The van der Waals surface area contributed by atoms with E-state index in [0.717, 1.165) is 18.5 Å². The Kier molecular flexibility index (Phi) is 4.68. The van der Waals surface area contributed by atoms with Gasteiger partial charge in [0, 0.05) is 22.4 Å². The summed E-state index contributed by atoms with van der Waals surface area (Å²) in [7, 11) is 0. The van der Waals surface area contributed by atoms with E-state index < -0.39 is 0 Å². The van der Waals surface area contributed by atoms with Crippen molar-refractivity contribution in [1.29, 1.82) is 0 Å². The zero-order valence-electron chi connectivity index (χ0n) is 11.4. The molecule has 0 bridgehead atoms. The van der Waals surface area contributed by atoms with E-state index in [4.69, 9.17) is 4.74 Å². The Labute approximate surface area is 117 Å². The summed E-state index contributed by atoms with van der Waals surface area (Å²) in [6.45, 7) is 7.49. The van der Waals surface area contributed by atoms with Crippen LogP contribution in [0.25, 0.3) is 11.4 Å². The average molecular weight is 278 g/mol. The maximum absolute atomic E-state index is 5.51. The lowest BCUT2D eigenvalue weighted by molar-refractivity contribution is 0.292. The third-order valence-electron chi connectivity index (χ3n) is 2.37. The van der Waals surface area contributed by atoms with E-state index in [1.807, 2.05) is 12.3 Å². The van der Waals surface area contributed by atoms with Crippen molar-refractivity contribution >= 4 is 17.3 Å². The molecule has 0 aliphatic rings. The largest absolute Gasteiger partial charge is 0.463 e. The van der Waals surface area contributed by atoms with Gasteiger partial charge in [0.25, 0.3) is 0 Å². The van der Waals surface area contributed by atoms with Gasteiger partial charge in [-0.1, -0.05) is 6.92 Å². The molecule has 0 fully saturated rings. The number of ether oxygens (including phenoxy) is 1. The molecule has 0 aromatic carbocycles. The highest BCUT2D eigenvalue weighted by Gasteiger charge is 2.10. The molecule has 19 heavy (non-hydrogen) atoms. The Morgan fingerprint density at radius 1 is 1.26 bits per heavy atom. The summed E-state index contributed by atoms with van der Waals surface area (Å²) in [4.78, 5) is 14.2. The molecule has 0 amide bonds. The molecule has 0 saturated carbocycles. The second kappa shape index (κ2) is 6.47. The number of rotatable bonds is 6. The van der Waals surface area contributed by atoms with Gasteiger partial charge in [0.2, 0.25) is 5.95 Å². The summed E-state index contributed by atoms with van der Waals surface area (Å²) in [5.74, 6) is 1.21. The third-order valence-corrected chi connectivity index (χ3v) is 3.24. The molecular weight excluding hydrogens is 260 g/mol. The van der Waals surface area contributed by atoms with Gasteiger partial charge in [-0.15, -0.1) is 11.3 Å². The van der Waals surface area contributed by atoms with E-state index >= 15 is 0 Å². The second-order valence-corrected chi connectivity index (χ2v) is 5.21. The number of anilines is 1. The SMILES string of the molecule is CCCOc1nc(NCC)nc(-c2csc(C)c2)n1. The van der Waals surface area contributed by atoms with E-state index in [1.54, 1.807) is 11.3 Å². The van der Waals surface area contributed by atoms with Crippen molar-refractivity contribution in [1.82, 2.24) is 15.0 Å². The number of nitrogens with one attached hydrogen (secondary N) is 1. The Balaban J connectivity index is 2.33. The predicted molar refractivity (Wildman–Crippen MR) is 77.8 cm³/mol. The summed E-state index contributed by atoms with van der Waals surface area (Å²) in [5, 5.41) is 5.15. The Bertz CT molecular complexity index is 541. The minimum Gasteiger partial charge on any atom is -0.463 e. The molecule has 2 rings (SSSR count). The van der Waals surface area contributed by atoms with Crippen molar-refractivity contribution in [2.75, 3.05) is 18.5 Å². The summed E-state index contributed by atoms with van der Waals surface area (Å²) in [6, 6.07) is 2.45. The van der Waals surface area contributed by atoms with Crippen LogP contribution in [0.4, 0.5) is 5.95 Å². The molecule has 5 nitrogen and oxygen atoms in total. The molecule has 0 aliphatic carbocycles. The second-order valence-electron chi connectivity index (χ2n) is 4.09. The van der Waals surface area contributed by atoms with Crippen LogP contribution >= 0.6 is 11.3 Å². The van der Waals surface area contributed by atoms with Gasteiger partial charge in [0.15, 0.2) is 5.82 Å². The fraction of sp³-hybridized carbons (Fsp3) is 0.462. The Hall–Kier alpha value is -1.69. The van der Waals surface area contributed by atoms with Crippen molar-refractivity contribution in [3.63, 3.8) is 0 Å². The van der Waals surface area contributed by atoms with Gasteiger partial charge in [-0.2, -0.15) is 15.0 Å². The van der Waals surface area contributed by atoms with E-state index in [-0.39, 0.29) is 0 Å². The van der Waals surface area contributed by atoms with Crippen molar-refractivity contribution in [2.45, 2.75) is 27.2 Å². The highest BCUT2D eigenvalue weighted by atomic mass is 32.1. The molecule has 0 unspecified atom stereocenters. The molecular formula is C13H18N4OS. The quantitative estimate of drug-likeness (QED) is 0.879. The van der Waals surface area contributed by atoms with Crippen molar-refractivity contribution in [3.8, 4) is 17.4 Å². The van der Waals surface area contributed by atoms with E-state index in [2.05, 4.69) is 40.2 Å². The van der Waals surface area contributed by atoms with Gasteiger partial charge >= 0.3 is 6.01 Å². The molecule has 2 aromatic rings. The van der Waals surface area contributed by atoms with Gasteiger partial charge < -0.3 is 10.1 Å². The molecule has 0 aliphatic heterocycles. The summed E-state index contributed by atoms with van der Waals surface area (Å²) in [5.41, 5.74) is 1.01. The van der Waals surface area contributed by atoms with E-state index in [0.29, 0.717) is 24.4 Å². The predicted octanol–water partition coefficient (Wildman–Crippen LogP) is 3.13. The van der Waals surface area contributed by atoms with Gasteiger partial charge in [-0.05, 0) is 26.3 Å². The zero-order chi connectivity index (χ0) is 13.7. The van der Waals surface area contributed by atoms with Crippen LogP contribution in [-0.2, 0) is 0 Å². The smallest absolute Gasteiger partial charge is 0.321 e. The summed E-state index contributed by atoms with van der Waals surface area (Å²) < 4.78 is 5.51. The maximum atomic E-state index is 5.51. The number of hydrogen-bond acceptors (Lipinski definition) is 6. The van der Waals surface area contributed by atoms with Crippen LogP contribution < -0.4 is 10.1 Å². The number of thiophene rings is 1. The van der Waals surface area contributed by atoms with Crippen LogP contribution in [0.2, 0.25) is 0 Å². The fourth-order valence-electron chi connectivity index (χ4n) is 1.54. The van der Waals surface area contributed by atoms with Crippen LogP contribution in [0, 0.1) is 6.92 Å².